The number of hydrogen-bond acceptors (Lipinski definition) is 6. The molecule has 9 nitrogen and oxygen atoms in total. The lowest BCUT2D eigenvalue weighted by Gasteiger charge is -2.27. The molecular formula is C64H122N2O7P+. The fourth-order valence-corrected chi connectivity index (χ4v) is 9.82. The molecule has 0 fully saturated rings. The highest BCUT2D eigenvalue weighted by Crippen LogP contribution is 2.43. The molecule has 0 aromatic rings. The van der Waals surface area contributed by atoms with Gasteiger partial charge in [0.05, 0.1) is 33.8 Å². The molecule has 0 aromatic heterocycles. The largest absolute Gasteiger partial charge is 0.472 e. The fraction of sp³-hybridized carbons (Fsp3) is 0.844. The molecule has 0 aliphatic carbocycles. The smallest absolute Gasteiger partial charge is 0.456 e. The summed E-state index contributed by atoms with van der Waals surface area (Å²) in [5.41, 5.74) is 0. The average Bonchev–Trinajstić information content (AvgIpc) is 3.36. The van der Waals surface area contributed by atoms with Crippen molar-refractivity contribution >= 4 is 19.7 Å². The van der Waals surface area contributed by atoms with Crippen molar-refractivity contribution in [3.63, 3.8) is 0 Å². The highest BCUT2D eigenvalue weighted by molar-refractivity contribution is 7.47. The number of carbonyl (C=O) groups is 2. The number of unbranched alkanes of at least 4 members (excludes halogenated alkanes) is 35. The molecule has 74 heavy (non-hydrogen) atoms. The number of allylic oxidation sites excluding steroid dienone is 7. The number of phosphoric acid groups is 1. The molecule has 0 rings (SSSR count). The highest BCUT2D eigenvalue weighted by atomic mass is 31.2. The quantitative estimate of drug-likeness (QED) is 0.0205. The molecule has 3 atom stereocenters. The van der Waals surface area contributed by atoms with Gasteiger partial charge >= 0.3 is 13.8 Å². The van der Waals surface area contributed by atoms with E-state index in [1.807, 2.05) is 33.3 Å². The molecule has 0 radical (unpaired) electrons. The Morgan fingerprint density at radius 3 is 1.26 bits per heavy atom. The van der Waals surface area contributed by atoms with Crippen LogP contribution in [0.5, 0.6) is 0 Å². The molecule has 434 valence electrons. The van der Waals surface area contributed by atoms with E-state index in [-0.39, 0.29) is 31.5 Å². The normalized spacial score (nSPS) is 14.0. The first-order chi connectivity index (χ1) is 35.9. The first-order valence-electron chi connectivity index (χ1n) is 31.5. The van der Waals surface area contributed by atoms with Crippen LogP contribution in [0.25, 0.3) is 0 Å². The molecule has 0 bridgehead atoms. The highest BCUT2D eigenvalue weighted by Gasteiger charge is 2.30. The second-order valence-electron chi connectivity index (χ2n) is 22.6. The minimum absolute atomic E-state index is 0.0388. The van der Waals surface area contributed by atoms with Crippen LogP contribution < -0.4 is 5.32 Å². The summed E-state index contributed by atoms with van der Waals surface area (Å²) in [4.78, 5) is 37.7. The van der Waals surface area contributed by atoms with Crippen molar-refractivity contribution in [1.29, 1.82) is 0 Å². The number of nitrogens with zero attached hydrogens (tertiary/aromatic N) is 1. The Bertz CT molecular complexity index is 1410. The summed E-state index contributed by atoms with van der Waals surface area (Å²) in [6, 6.07) is -0.852. The zero-order chi connectivity index (χ0) is 54.3. The molecule has 0 spiro atoms. The summed E-state index contributed by atoms with van der Waals surface area (Å²) in [5.74, 6) is -0.509. The van der Waals surface area contributed by atoms with Crippen LogP contribution in [-0.4, -0.2) is 74.3 Å². The van der Waals surface area contributed by atoms with Gasteiger partial charge in [0, 0.05) is 12.8 Å². The van der Waals surface area contributed by atoms with E-state index in [0.717, 1.165) is 83.5 Å². The Morgan fingerprint density at radius 1 is 0.473 bits per heavy atom. The molecule has 0 aliphatic rings. The molecular weight excluding hydrogens is 940 g/mol. The van der Waals surface area contributed by atoms with Gasteiger partial charge in [0.25, 0.3) is 0 Å². The van der Waals surface area contributed by atoms with Gasteiger partial charge in [0.15, 0.2) is 0 Å². The zero-order valence-corrected chi connectivity index (χ0v) is 50.5. The standard InChI is InChI=1S/C64H121N2O7P/c1-7-10-13-16-19-22-25-27-29-31-32-33-34-35-37-39-42-45-48-51-54-57-64(68)73-62(55-52-49-46-43-40-24-21-18-15-12-9-3)61(60-72-74(69,70)71-59-58-66(4,5)6)65-63(67)56-53-50-47-44-41-38-36-30-28-26-23-20-17-14-11-8-2/h19,22,27,29-30,36,52,55,61-62H,7-18,20-21,23-26,28,31-35,37-51,53-54,56-60H2,1-6H3,(H-,65,67,69,70)/p+1/b22-19-,29-27-,36-30+,55-52+. The minimum Gasteiger partial charge on any atom is -0.456 e. The van der Waals surface area contributed by atoms with Gasteiger partial charge in [-0.15, -0.1) is 0 Å². The van der Waals surface area contributed by atoms with E-state index in [9.17, 15) is 19.0 Å². The van der Waals surface area contributed by atoms with E-state index in [0.29, 0.717) is 17.4 Å². The summed E-state index contributed by atoms with van der Waals surface area (Å²) in [7, 11) is 1.49. The topological polar surface area (TPSA) is 111 Å². The second kappa shape index (κ2) is 54.3. The van der Waals surface area contributed by atoms with Crippen molar-refractivity contribution < 1.29 is 37.3 Å². The lowest BCUT2D eigenvalue weighted by atomic mass is 10.0. The monoisotopic (exact) mass is 1060 g/mol. The Balaban J connectivity index is 5.18. The number of esters is 1. The van der Waals surface area contributed by atoms with Crippen LogP contribution in [0.3, 0.4) is 0 Å². The number of nitrogens with one attached hydrogen (secondary N) is 1. The number of phosphoric ester groups is 1. The van der Waals surface area contributed by atoms with Crippen LogP contribution in [-0.2, 0) is 27.9 Å². The van der Waals surface area contributed by atoms with Crippen molar-refractivity contribution in [2.24, 2.45) is 0 Å². The number of quaternary nitrogens is 1. The third-order valence-corrected chi connectivity index (χ3v) is 15.0. The number of amides is 1. The summed E-state index contributed by atoms with van der Waals surface area (Å²) in [5, 5.41) is 3.05. The lowest BCUT2D eigenvalue weighted by molar-refractivity contribution is -0.870. The Morgan fingerprint density at radius 2 is 0.824 bits per heavy atom. The van der Waals surface area contributed by atoms with E-state index in [1.165, 1.54) is 180 Å². The second-order valence-corrected chi connectivity index (χ2v) is 24.0. The summed E-state index contributed by atoms with van der Waals surface area (Å²) in [6.45, 7) is 7.00. The Kier molecular flexibility index (Phi) is 52.8. The molecule has 2 N–H and O–H groups in total. The van der Waals surface area contributed by atoms with E-state index < -0.39 is 20.0 Å². The molecule has 1 amide bonds. The van der Waals surface area contributed by atoms with E-state index in [2.05, 4.69) is 62.5 Å². The van der Waals surface area contributed by atoms with Crippen molar-refractivity contribution in [2.45, 2.75) is 309 Å². The third-order valence-electron chi connectivity index (χ3n) is 14.0. The SMILES string of the molecule is CCCCC/C=C\C/C=C\CCCCCCCCCCCCCC(=O)OC(/C=C/CCCCCCCCCCC)C(COP(=O)(O)OCC[N+](C)(C)C)NC(=O)CCCCCCC/C=C/CCCCCCCCC. The predicted molar refractivity (Wildman–Crippen MR) is 319 cm³/mol. The first-order valence-corrected chi connectivity index (χ1v) is 33.0. The van der Waals surface area contributed by atoms with Crippen LogP contribution in [0.4, 0.5) is 0 Å². The van der Waals surface area contributed by atoms with Crippen LogP contribution in [0.15, 0.2) is 48.6 Å². The van der Waals surface area contributed by atoms with E-state index in [1.54, 1.807) is 0 Å². The van der Waals surface area contributed by atoms with Crippen LogP contribution in [0, 0.1) is 0 Å². The van der Waals surface area contributed by atoms with Crippen molar-refractivity contribution in [3.8, 4) is 0 Å². The van der Waals surface area contributed by atoms with Crippen LogP contribution in [0.1, 0.15) is 297 Å². The van der Waals surface area contributed by atoms with E-state index >= 15 is 0 Å². The lowest BCUT2D eigenvalue weighted by Crippen LogP contribution is -2.47. The van der Waals surface area contributed by atoms with Gasteiger partial charge in [0.2, 0.25) is 5.91 Å². The molecule has 0 saturated carbocycles. The van der Waals surface area contributed by atoms with E-state index in [4.69, 9.17) is 13.8 Å². The third kappa shape index (κ3) is 54.7. The van der Waals surface area contributed by atoms with Gasteiger partial charge in [-0.2, -0.15) is 0 Å². The van der Waals surface area contributed by atoms with Gasteiger partial charge in [0.1, 0.15) is 19.3 Å². The maximum absolute atomic E-state index is 13.5. The predicted octanol–water partition coefficient (Wildman–Crippen LogP) is 19.3. The molecule has 10 heteroatoms. The summed E-state index contributed by atoms with van der Waals surface area (Å²) < 4.78 is 30.7. The van der Waals surface area contributed by atoms with Gasteiger partial charge in [-0.25, -0.2) is 4.57 Å². The maximum Gasteiger partial charge on any atom is 0.472 e. The molecule has 0 aliphatic heterocycles. The van der Waals surface area contributed by atoms with Crippen LogP contribution >= 0.6 is 7.82 Å². The van der Waals surface area contributed by atoms with Crippen molar-refractivity contribution in [2.75, 3.05) is 40.9 Å². The Hall–Kier alpha value is -2.03. The van der Waals surface area contributed by atoms with Gasteiger partial charge in [-0.05, 0) is 89.5 Å². The van der Waals surface area contributed by atoms with Gasteiger partial charge < -0.3 is 19.4 Å². The number of likely N-dealkylation sites (N-methyl/N-ethyl adjacent to an activating group) is 1. The molecule has 3 unspecified atom stereocenters. The van der Waals surface area contributed by atoms with Gasteiger partial charge in [-0.3, -0.25) is 18.6 Å². The van der Waals surface area contributed by atoms with Crippen LogP contribution in [0.2, 0.25) is 0 Å². The number of rotatable bonds is 57. The summed E-state index contributed by atoms with van der Waals surface area (Å²) >= 11 is 0. The minimum atomic E-state index is -4.45. The molecule has 0 saturated heterocycles. The zero-order valence-electron chi connectivity index (χ0n) is 49.6. The molecule has 0 aromatic carbocycles. The first kappa shape index (κ1) is 72.0. The fourth-order valence-electron chi connectivity index (χ4n) is 9.08. The average molecular weight is 1060 g/mol. The van der Waals surface area contributed by atoms with Gasteiger partial charge in [-0.1, -0.05) is 243 Å². The number of hydrogen-bond donors (Lipinski definition) is 2. The summed E-state index contributed by atoms with van der Waals surface area (Å²) in [6.07, 6.45) is 66.8. The van der Waals surface area contributed by atoms with Crippen molar-refractivity contribution in [1.82, 2.24) is 5.32 Å². The molecule has 0 heterocycles. The number of ether oxygens (including phenoxy) is 1. The maximum atomic E-state index is 13.5. The number of carbonyl (C=O) groups excluding carboxylic acids is 2. The van der Waals surface area contributed by atoms with Crippen molar-refractivity contribution in [3.05, 3.63) is 48.6 Å². The Labute approximate surface area is 458 Å².